The lowest BCUT2D eigenvalue weighted by Crippen LogP contribution is -2.45. The molecule has 3 aromatic rings. The zero-order chi connectivity index (χ0) is 20.1. The fraction of sp³-hybridized carbons (Fsp3) is 0.429. The number of carboxylic acids is 1. The highest BCUT2D eigenvalue weighted by molar-refractivity contribution is 6.31. The summed E-state index contributed by atoms with van der Waals surface area (Å²) >= 11 is 6.07. The number of rotatable bonds is 4. The van der Waals surface area contributed by atoms with Gasteiger partial charge in [-0.05, 0) is 55.9 Å². The molecule has 0 amide bonds. The first-order valence-electron chi connectivity index (χ1n) is 9.88. The Hall–Kier alpha value is -2.54. The lowest BCUT2D eigenvalue weighted by atomic mass is 9.57. The average Bonchev–Trinajstić information content (AvgIpc) is 3.13. The molecular formula is C21H20ClFN4O2. The van der Waals surface area contributed by atoms with Crippen LogP contribution in [-0.4, -0.2) is 31.0 Å². The lowest BCUT2D eigenvalue weighted by Gasteiger charge is -2.46. The first-order chi connectivity index (χ1) is 14.0. The van der Waals surface area contributed by atoms with Crippen LogP contribution in [0.15, 0.2) is 24.7 Å². The molecule has 0 radical (unpaired) electrons. The summed E-state index contributed by atoms with van der Waals surface area (Å²) in [5.41, 5.74) is 1.62. The molecule has 3 saturated carbocycles. The van der Waals surface area contributed by atoms with Gasteiger partial charge in [-0.25, -0.2) is 19.3 Å². The SMILES string of the molecule is O=C(O)[C@@H]1C2CCC(CC2)[C@H]1Cc1nc(-c2c[nH]c3ncc(Cl)cc23)ncc1F. The van der Waals surface area contributed by atoms with E-state index in [1.54, 1.807) is 18.5 Å². The normalized spacial score (nSPS) is 26.1. The van der Waals surface area contributed by atoms with Crippen LogP contribution in [0.4, 0.5) is 4.39 Å². The number of hydrogen-bond donors (Lipinski definition) is 2. The van der Waals surface area contributed by atoms with Gasteiger partial charge in [0.15, 0.2) is 11.6 Å². The third kappa shape index (κ3) is 3.17. The number of pyridine rings is 1. The fourth-order valence-corrected chi connectivity index (χ4v) is 5.47. The molecule has 6 rings (SSSR count). The topological polar surface area (TPSA) is 91.8 Å². The highest BCUT2D eigenvalue weighted by Gasteiger charge is 2.47. The summed E-state index contributed by atoms with van der Waals surface area (Å²) in [7, 11) is 0. The number of aromatic nitrogens is 4. The van der Waals surface area contributed by atoms with Crippen LogP contribution >= 0.6 is 11.6 Å². The molecule has 3 aliphatic rings. The van der Waals surface area contributed by atoms with Crippen LogP contribution < -0.4 is 0 Å². The van der Waals surface area contributed by atoms with Crippen LogP contribution in [0.1, 0.15) is 31.4 Å². The van der Waals surface area contributed by atoms with E-state index in [2.05, 4.69) is 19.9 Å². The second kappa shape index (κ2) is 7.06. The maximum Gasteiger partial charge on any atom is 0.307 e. The molecule has 3 aromatic heterocycles. The minimum absolute atomic E-state index is 0.0867. The van der Waals surface area contributed by atoms with Crippen LogP contribution in [0.3, 0.4) is 0 Å². The number of hydrogen-bond acceptors (Lipinski definition) is 4. The van der Waals surface area contributed by atoms with Gasteiger partial charge in [0.25, 0.3) is 0 Å². The van der Waals surface area contributed by atoms with Gasteiger partial charge in [0.1, 0.15) is 5.65 Å². The Morgan fingerprint density at radius 2 is 1.97 bits per heavy atom. The van der Waals surface area contributed by atoms with E-state index in [0.717, 1.165) is 31.1 Å². The predicted molar refractivity (Wildman–Crippen MR) is 106 cm³/mol. The molecule has 3 fully saturated rings. The number of carboxylic acid groups (broad SMARTS) is 1. The number of fused-ring (bicyclic) bond motifs is 4. The summed E-state index contributed by atoms with van der Waals surface area (Å²) in [6, 6.07) is 1.77. The molecule has 2 N–H and O–H groups in total. The molecular weight excluding hydrogens is 395 g/mol. The van der Waals surface area contributed by atoms with Crippen LogP contribution in [-0.2, 0) is 11.2 Å². The number of H-pyrrole nitrogens is 1. The van der Waals surface area contributed by atoms with Crippen molar-refractivity contribution in [3.8, 4) is 11.4 Å². The van der Waals surface area contributed by atoms with Gasteiger partial charge in [-0.1, -0.05) is 11.6 Å². The third-order valence-corrected chi connectivity index (χ3v) is 6.87. The zero-order valence-electron chi connectivity index (χ0n) is 15.6. The Labute approximate surface area is 171 Å². The number of aromatic amines is 1. The van der Waals surface area contributed by atoms with Crippen LogP contribution in [0, 0.1) is 29.5 Å². The summed E-state index contributed by atoms with van der Waals surface area (Å²) in [6.07, 6.45) is 8.72. The number of nitrogens with one attached hydrogen (secondary N) is 1. The van der Waals surface area contributed by atoms with Crippen molar-refractivity contribution in [1.29, 1.82) is 0 Å². The Kier molecular flexibility index (Phi) is 4.50. The largest absolute Gasteiger partial charge is 0.481 e. The molecule has 0 saturated heterocycles. The highest BCUT2D eigenvalue weighted by atomic mass is 35.5. The fourth-order valence-electron chi connectivity index (χ4n) is 5.31. The van der Waals surface area contributed by atoms with E-state index in [1.807, 2.05) is 0 Å². The number of nitrogens with zero attached hydrogens (tertiary/aromatic N) is 3. The van der Waals surface area contributed by atoms with E-state index < -0.39 is 17.7 Å². The third-order valence-electron chi connectivity index (χ3n) is 6.66. The molecule has 0 spiro atoms. The smallest absolute Gasteiger partial charge is 0.307 e. The number of halogens is 2. The molecule has 3 aliphatic carbocycles. The van der Waals surface area contributed by atoms with Gasteiger partial charge in [-0.2, -0.15) is 0 Å². The van der Waals surface area contributed by atoms with E-state index in [4.69, 9.17) is 11.6 Å². The van der Waals surface area contributed by atoms with Gasteiger partial charge in [-0.15, -0.1) is 0 Å². The summed E-state index contributed by atoms with van der Waals surface area (Å²) < 4.78 is 14.6. The Balaban J connectivity index is 1.51. The highest BCUT2D eigenvalue weighted by Crippen LogP contribution is 2.50. The van der Waals surface area contributed by atoms with Crippen LogP contribution in [0.2, 0.25) is 5.02 Å². The standard InChI is InChI=1S/C21H20ClFN4O2/c22-12-5-14-15(8-25-19(14)24-7-12)20-26-9-16(23)17(27-20)6-13-10-1-3-11(4-2-10)18(13)21(28)29/h5,7-11,13,18H,1-4,6H2,(H,24,25)(H,28,29)/t10?,11?,13-,18-/m1/s1. The summed E-state index contributed by atoms with van der Waals surface area (Å²) in [6.45, 7) is 0. The van der Waals surface area contributed by atoms with Crippen molar-refractivity contribution < 1.29 is 14.3 Å². The molecule has 6 nitrogen and oxygen atoms in total. The minimum Gasteiger partial charge on any atom is -0.481 e. The lowest BCUT2D eigenvalue weighted by molar-refractivity contribution is -0.152. The monoisotopic (exact) mass is 414 g/mol. The first kappa shape index (κ1) is 18.5. The minimum atomic E-state index is -0.767. The van der Waals surface area contributed by atoms with Gasteiger partial charge >= 0.3 is 5.97 Å². The molecule has 2 bridgehead atoms. The summed E-state index contributed by atoms with van der Waals surface area (Å²) in [4.78, 5) is 27.9. The maximum absolute atomic E-state index is 14.6. The van der Waals surface area contributed by atoms with E-state index in [0.29, 0.717) is 34.4 Å². The van der Waals surface area contributed by atoms with Crippen molar-refractivity contribution in [2.75, 3.05) is 0 Å². The predicted octanol–water partition coefficient (Wildman–Crippen LogP) is 4.49. The number of carbonyl (C=O) groups is 1. The molecule has 0 unspecified atom stereocenters. The van der Waals surface area contributed by atoms with E-state index in [-0.39, 0.29) is 17.5 Å². The quantitative estimate of drug-likeness (QED) is 0.656. The Morgan fingerprint density at radius 1 is 1.21 bits per heavy atom. The molecule has 150 valence electrons. The average molecular weight is 415 g/mol. The molecule has 3 heterocycles. The summed E-state index contributed by atoms with van der Waals surface area (Å²) in [5, 5.41) is 11.0. The van der Waals surface area contributed by atoms with Gasteiger partial charge in [0.05, 0.1) is 22.8 Å². The molecule has 29 heavy (non-hydrogen) atoms. The van der Waals surface area contributed by atoms with E-state index in [1.165, 1.54) is 6.20 Å². The number of aliphatic carboxylic acids is 1. The van der Waals surface area contributed by atoms with Gasteiger partial charge < -0.3 is 10.1 Å². The van der Waals surface area contributed by atoms with Gasteiger partial charge in [0, 0.05) is 23.3 Å². The second-order valence-electron chi connectivity index (χ2n) is 8.15. The van der Waals surface area contributed by atoms with Gasteiger partial charge in [-0.3, -0.25) is 4.79 Å². The maximum atomic E-state index is 14.6. The van der Waals surface area contributed by atoms with Crippen molar-refractivity contribution in [3.63, 3.8) is 0 Å². The van der Waals surface area contributed by atoms with Gasteiger partial charge in [0.2, 0.25) is 0 Å². The van der Waals surface area contributed by atoms with Crippen molar-refractivity contribution in [2.45, 2.75) is 32.1 Å². The molecule has 8 heteroatoms. The van der Waals surface area contributed by atoms with Crippen LogP contribution in [0.25, 0.3) is 22.4 Å². The Bertz CT molecular complexity index is 1090. The molecule has 0 aromatic carbocycles. The van der Waals surface area contributed by atoms with Crippen molar-refractivity contribution >= 4 is 28.6 Å². The van der Waals surface area contributed by atoms with E-state index in [9.17, 15) is 14.3 Å². The van der Waals surface area contributed by atoms with Crippen molar-refractivity contribution in [2.24, 2.45) is 23.7 Å². The zero-order valence-corrected chi connectivity index (χ0v) is 16.4. The van der Waals surface area contributed by atoms with E-state index >= 15 is 0 Å². The summed E-state index contributed by atoms with van der Waals surface area (Å²) in [5.74, 6) is -0.882. The molecule has 0 aliphatic heterocycles. The van der Waals surface area contributed by atoms with Crippen LogP contribution in [0.5, 0.6) is 0 Å². The molecule has 2 atom stereocenters. The van der Waals surface area contributed by atoms with Crippen molar-refractivity contribution in [1.82, 2.24) is 19.9 Å². The first-order valence-corrected chi connectivity index (χ1v) is 10.3. The Morgan fingerprint density at radius 3 is 2.72 bits per heavy atom. The van der Waals surface area contributed by atoms with Crippen molar-refractivity contribution in [3.05, 3.63) is 41.2 Å². The second-order valence-corrected chi connectivity index (χ2v) is 8.58.